The molecule has 3 rings (SSSR count). The maximum atomic E-state index is 11.5. The quantitative estimate of drug-likeness (QED) is 0.852. The molecule has 0 amide bonds. The van der Waals surface area contributed by atoms with E-state index in [1.54, 1.807) is 24.6 Å². The third kappa shape index (κ3) is 2.20. The number of aromatic nitrogens is 2. The molecule has 1 saturated heterocycles. The van der Waals surface area contributed by atoms with Crippen LogP contribution in [-0.4, -0.2) is 28.8 Å². The van der Waals surface area contributed by atoms with Crippen molar-refractivity contribution in [2.24, 2.45) is 5.92 Å². The number of hydrogen-bond acceptors (Lipinski definition) is 5. The molecule has 0 radical (unpaired) electrons. The fourth-order valence-electron chi connectivity index (χ4n) is 2.90. The fourth-order valence-corrected chi connectivity index (χ4v) is 3.89. The van der Waals surface area contributed by atoms with Crippen molar-refractivity contribution in [2.45, 2.75) is 33.6 Å². The van der Waals surface area contributed by atoms with Crippen LogP contribution in [0.4, 0.5) is 5.82 Å². The second-order valence-electron chi connectivity index (χ2n) is 5.53. The van der Waals surface area contributed by atoms with Gasteiger partial charge in [-0.05, 0) is 39.2 Å². The van der Waals surface area contributed by atoms with Crippen LogP contribution in [0, 0.1) is 19.8 Å². The molecule has 0 atom stereocenters. The van der Waals surface area contributed by atoms with Crippen molar-refractivity contribution >= 4 is 33.2 Å². The number of anilines is 1. The average Bonchev–Trinajstić information content (AvgIpc) is 2.74. The second-order valence-corrected chi connectivity index (χ2v) is 6.74. The van der Waals surface area contributed by atoms with E-state index in [9.17, 15) is 4.79 Å². The van der Waals surface area contributed by atoms with Gasteiger partial charge in [0.05, 0.1) is 5.39 Å². The molecule has 0 bridgehead atoms. The highest BCUT2D eigenvalue weighted by atomic mass is 32.1. The number of ketones is 1. The average molecular weight is 289 g/mol. The third-order valence-corrected chi connectivity index (χ3v) is 5.43. The summed E-state index contributed by atoms with van der Waals surface area (Å²) < 4.78 is 0. The lowest BCUT2D eigenvalue weighted by Gasteiger charge is -2.32. The van der Waals surface area contributed by atoms with Crippen LogP contribution >= 0.6 is 11.3 Å². The Hall–Kier alpha value is -1.49. The summed E-state index contributed by atoms with van der Waals surface area (Å²) in [6, 6.07) is 0. The van der Waals surface area contributed by atoms with Crippen LogP contribution in [0.15, 0.2) is 6.33 Å². The van der Waals surface area contributed by atoms with Crippen LogP contribution in [0.25, 0.3) is 10.2 Å². The van der Waals surface area contributed by atoms with Gasteiger partial charge in [0.2, 0.25) is 0 Å². The van der Waals surface area contributed by atoms with E-state index in [0.717, 1.165) is 36.6 Å². The van der Waals surface area contributed by atoms with Crippen LogP contribution < -0.4 is 4.90 Å². The summed E-state index contributed by atoms with van der Waals surface area (Å²) in [5.74, 6) is 1.59. The summed E-state index contributed by atoms with van der Waals surface area (Å²) in [5, 5.41) is 1.19. The lowest BCUT2D eigenvalue weighted by Crippen LogP contribution is -2.36. The van der Waals surface area contributed by atoms with Crippen molar-refractivity contribution in [1.82, 2.24) is 9.97 Å². The first-order valence-electron chi connectivity index (χ1n) is 7.04. The molecule has 1 aliphatic heterocycles. The Morgan fingerprint density at radius 3 is 2.65 bits per heavy atom. The molecule has 0 spiro atoms. The Labute approximate surface area is 122 Å². The van der Waals surface area contributed by atoms with Gasteiger partial charge in [-0.1, -0.05) is 0 Å². The van der Waals surface area contributed by atoms with Crippen molar-refractivity contribution in [3.8, 4) is 0 Å². The first-order chi connectivity index (χ1) is 9.58. The lowest BCUT2D eigenvalue weighted by molar-refractivity contribution is -0.121. The Bertz CT molecular complexity index is 656. The first-order valence-corrected chi connectivity index (χ1v) is 7.85. The minimum Gasteiger partial charge on any atom is -0.356 e. The number of fused-ring (bicyclic) bond motifs is 1. The SMILES string of the molecule is CC(=O)C1CCN(c2ncnc3sc(C)c(C)c23)CC1. The number of Topliss-reactive ketones (excluding diaryl/α,β-unsaturated/α-hetero) is 1. The molecular formula is C15H19N3OS. The highest BCUT2D eigenvalue weighted by molar-refractivity contribution is 7.18. The number of rotatable bonds is 2. The zero-order valence-corrected chi connectivity index (χ0v) is 13.0. The number of piperidine rings is 1. The lowest BCUT2D eigenvalue weighted by atomic mass is 9.93. The fraction of sp³-hybridized carbons (Fsp3) is 0.533. The molecule has 2 aromatic heterocycles. The van der Waals surface area contributed by atoms with Gasteiger partial charge in [0.1, 0.15) is 22.8 Å². The summed E-state index contributed by atoms with van der Waals surface area (Å²) in [7, 11) is 0. The van der Waals surface area contributed by atoms with E-state index in [1.165, 1.54) is 15.8 Å². The predicted octanol–water partition coefficient (Wildman–Crippen LogP) is 3.11. The number of aryl methyl sites for hydroxylation is 2. The van der Waals surface area contributed by atoms with Gasteiger partial charge < -0.3 is 4.90 Å². The topological polar surface area (TPSA) is 46.1 Å². The number of carbonyl (C=O) groups is 1. The summed E-state index contributed by atoms with van der Waals surface area (Å²) in [6.07, 6.45) is 3.52. The smallest absolute Gasteiger partial charge is 0.141 e. The predicted molar refractivity (Wildman–Crippen MR) is 82.5 cm³/mol. The molecule has 0 saturated carbocycles. The molecular weight excluding hydrogens is 270 g/mol. The summed E-state index contributed by atoms with van der Waals surface area (Å²) in [5.41, 5.74) is 1.29. The first kappa shape index (κ1) is 13.5. The molecule has 4 nitrogen and oxygen atoms in total. The van der Waals surface area contributed by atoms with E-state index in [-0.39, 0.29) is 5.92 Å². The second kappa shape index (κ2) is 5.13. The molecule has 1 aliphatic rings. The number of thiophene rings is 1. The molecule has 20 heavy (non-hydrogen) atoms. The maximum absolute atomic E-state index is 11.5. The van der Waals surface area contributed by atoms with Gasteiger partial charge in [-0.15, -0.1) is 11.3 Å². The Kier molecular flexibility index (Phi) is 3.46. The minimum atomic E-state index is 0.230. The molecule has 1 fully saturated rings. The normalized spacial score (nSPS) is 16.9. The van der Waals surface area contributed by atoms with Crippen LogP contribution in [-0.2, 0) is 4.79 Å². The Balaban J connectivity index is 1.94. The van der Waals surface area contributed by atoms with E-state index in [4.69, 9.17) is 0 Å². The number of nitrogens with zero attached hydrogens (tertiary/aromatic N) is 3. The van der Waals surface area contributed by atoms with Gasteiger partial charge >= 0.3 is 0 Å². The zero-order chi connectivity index (χ0) is 14.3. The molecule has 3 heterocycles. The number of hydrogen-bond donors (Lipinski definition) is 0. The minimum absolute atomic E-state index is 0.230. The third-order valence-electron chi connectivity index (χ3n) is 4.31. The summed E-state index contributed by atoms with van der Waals surface area (Å²) >= 11 is 1.73. The van der Waals surface area contributed by atoms with E-state index in [0.29, 0.717) is 5.78 Å². The van der Waals surface area contributed by atoms with Gasteiger partial charge in [0.25, 0.3) is 0 Å². The van der Waals surface area contributed by atoms with Crippen molar-refractivity contribution < 1.29 is 4.79 Å². The molecule has 106 valence electrons. The van der Waals surface area contributed by atoms with Crippen molar-refractivity contribution in [1.29, 1.82) is 0 Å². The monoisotopic (exact) mass is 289 g/mol. The van der Waals surface area contributed by atoms with E-state index < -0.39 is 0 Å². The van der Waals surface area contributed by atoms with Gasteiger partial charge in [-0.25, -0.2) is 9.97 Å². The van der Waals surface area contributed by atoms with E-state index in [2.05, 4.69) is 28.7 Å². The summed E-state index contributed by atoms with van der Waals surface area (Å²) in [6.45, 7) is 7.79. The molecule has 0 aliphatic carbocycles. The van der Waals surface area contributed by atoms with Crippen LogP contribution in [0.5, 0.6) is 0 Å². The Morgan fingerprint density at radius 2 is 2.00 bits per heavy atom. The van der Waals surface area contributed by atoms with Gasteiger partial charge in [-0.3, -0.25) is 4.79 Å². The van der Waals surface area contributed by atoms with E-state index >= 15 is 0 Å². The van der Waals surface area contributed by atoms with Crippen molar-refractivity contribution in [3.05, 3.63) is 16.8 Å². The largest absolute Gasteiger partial charge is 0.356 e. The highest BCUT2D eigenvalue weighted by Crippen LogP contribution is 2.35. The summed E-state index contributed by atoms with van der Waals surface area (Å²) in [4.78, 5) is 25.1. The van der Waals surface area contributed by atoms with Crippen LogP contribution in [0.1, 0.15) is 30.2 Å². The van der Waals surface area contributed by atoms with Gasteiger partial charge in [0, 0.05) is 23.9 Å². The molecule has 2 aromatic rings. The van der Waals surface area contributed by atoms with Gasteiger partial charge in [0.15, 0.2) is 0 Å². The zero-order valence-electron chi connectivity index (χ0n) is 12.1. The van der Waals surface area contributed by atoms with Crippen LogP contribution in [0.2, 0.25) is 0 Å². The molecule has 5 heteroatoms. The Morgan fingerprint density at radius 1 is 1.30 bits per heavy atom. The molecule has 0 unspecified atom stereocenters. The molecule has 0 aromatic carbocycles. The number of carbonyl (C=O) groups excluding carboxylic acids is 1. The molecule has 0 N–H and O–H groups in total. The van der Waals surface area contributed by atoms with E-state index in [1.807, 2.05) is 0 Å². The standard InChI is InChI=1S/C15H19N3OS/c1-9-11(3)20-15-13(9)14(16-8-17-15)18-6-4-12(5-7-18)10(2)19/h8,12H,4-7H2,1-3H3. The highest BCUT2D eigenvalue weighted by Gasteiger charge is 2.25. The maximum Gasteiger partial charge on any atom is 0.141 e. The van der Waals surface area contributed by atoms with Crippen molar-refractivity contribution in [3.63, 3.8) is 0 Å². The van der Waals surface area contributed by atoms with Crippen LogP contribution in [0.3, 0.4) is 0 Å². The van der Waals surface area contributed by atoms with Gasteiger partial charge in [-0.2, -0.15) is 0 Å². The van der Waals surface area contributed by atoms with Crippen molar-refractivity contribution in [2.75, 3.05) is 18.0 Å².